The predicted octanol–water partition coefficient (Wildman–Crippen LogP) is 3.95. The molecule has 0 aromatic heterocycles. The fourth-order valence-corrected chi connectivity index (χ4v) is 2.63. The Kier molecular flexibility index (Phi) is 3.29. The summed E-state index contributed by atoms with van der Waals surface area (Å²) in [7, 11) is 0. The Morgan fingerprint density at radius 2 is 1.88 bits per heavy atom. The number of benzene rings is 1. The van der Waals surface area contributed by atoms with E-state index in [0.29, 0.717) is 0 Å². The molecular weight excluding hydrogens is 194 g/mol. The van der Waals surface area contributed by atoms with Gasteiger partial charge in [-0.2, -0.15) is 5.26 Å². The molecule has 1 nitrogen and oxygen atoms in total. The summed E-state index contributed by atoms with van der Waals surface area (Å²) in [5, 5.41) is 9.44. The third-order valence-electron chi connectivity index (χ3n) is 3.85. The standard InChI is InChI=1S/C15H19N/c1-13-7-9-15(12-16,10-8-13)11-14-5-3-2-4-6-14/h2-6,13H,7-11H2,1H3. The largest absolute Gasteiger partial charge is 0.198 e. The van der Waals surface area contributed by atoms with Crippen LogP contribution in [0, 0.1) is 22.7 Å². The highest BCUT2D eigenvalue weighted by molar-refractivity contribution is 5.19. The van der Waals surface area contributed by atoms with E-state index in [1.165, 1.54) is 18.4 Å². The van der Waals surface area contributed by atoms with Gasteiger partial charge < -0.3 is 0 Å². The third-order valence-corrected chi connectivity index (χ3v) is 3.85. The van der Waals surface area contributed by atoms with Gasteiger partial charge in [0.1, 0.15) is 0 Å². The van der Waals surface area contributed by atoms with Crippen molar-refractivity contribution in [3.63, 3.8) is 0 Å². The molecule has 1 heteroatoms. The predicted molar refractivity (Wildman–Crippen MR) is 65.8 cm³/mol. The van der Waals surface area contributed by atoms with E-state index in [2.05, 4.69) is 37.3 Å². The van der Waals surface area contributed by atoms with Crippen LogP contribution in [-0.4, -0.2) is 0 Å². The molecule has 0 aliphatic heterocycles. The molecule has 1 saturated carbocycles. The Morgan fingerprint density at radius 3 is 2.44 bits per heavy atom. The number of nitrogens with zero attached hydrogens (tertiary/aromatic N) is 1. The lowest BCUT2D eigenvalue weighted by molar-refractivity contribution is 0.219. The molecule has 16 heavy (non-hydrogen) atoms. The molecule has 0 N–H and O–H groups in total. The van der Waals surface area contributed by atoms with Crippen LogP contribution in [0.25, 0.3) is 0 Å². The van der Waals surface area contributed by atoms with Crippen LogP contribution in [0.4, 0.5) is 0 Å². The fourth-order valence-electron chi connectivity index (χ4n) is 2.63. The molecule has 0 saturated heterocycles. The van der Waals surface area contributed by atoms with E-state index in [1.807, 2.05) is 6.07 Å². The van der Waals surface area contributed by atoms with E-state index in [1.54, 1.807) is 0 Å². The van der Waals surface area contributed by atoms with Crippen LogP contribution >= 0.6 is 0 Å². The van der Waals surface area contributed by atoms with E-state index >= 15 is 0 Å². The lowest BCUT2D eigenvalue weighted by Crippen LogP contribution is -2.27. The first-order chi connectivity index (χ1) is 7.74. The molecule has 1 aromatic carbocycles. The van der Waals surface area contributed by atoms with Gasteiger partial charge in [-0.3, -0.25) is 0 Å². The van der Waals surface area contributed by atoms with Crippen molar-refractivity contribution in [2.75, 3.05) is 0 Å². The second kappa shape index (κ2) is 4.70. The molecule has 0 unspecified atom stereocenters. The SMILES string of the molecule is CC1CCC(C#N)(Cc2ccccc2)CC1. The van der Waals surface area contributed by atoms with Gasteiger partial charge in [-0.25, -0.2) is 0 Å². The van der Waals surface area contributed by atoms with Crippen molar-refractivity contribution in [3.8, 4) is 6.07 Å². The lowest BCUT2D eigenvalue weighted by atomic mass is 9.69. The molecule has 1 aliphatic rings. The molecule has 0 radical (unpaired) electrons. The second-order valence-corrected chi connectivity index (χ2v) is 5.24. The van der Waals surface area contributed by atoms with Gasteiger partial charge in [0, 0.05) is 0 Å². The zero-order valence-electron chi connectivity index (χ0n) is 9.95. The number of hydrogen-bond donors (Lipinski definition) is 0. The Balaban J connectivity index is 2.09. The van der Waals surface area contributed by atoms with Crippen molar-refractivity contribution in [1.82, 2.24) is 0 Å². The fraction of sp³-hybridized carbons (Fsp3) is 0.533. The zero-order chi connectivity index (χ0) is 11.4. The quantitative estimate of drug-likeness (QED) is 0.729. The van der Waals surface area contributed by atoms with Crippen molar-refractivity contribution < 1.29 is 0 Å². The van der Waals surface area contributed by atoms with E-state index < -0.39 is 0 Å². The Labute approximate surface area is 98.1 Å². The highest BCUT2D eigenvalue weighted by Crippen LogP contribution is 2.40. The summed E-state index contributed by atoms with van der Waals surface area (Å²) in [4.78, 5) is 0. The van der Waals surface area contributed by atoms with Crippen LogP contribution in [0.15, 0.2) is 30.3 Å². The van der Waals surface area contributed by atoms with Crippen LogP contribution in [0.3, 0.4) is 0 Å². The van der Waals surface area contributed by atoms with Crippen LogP contribution < -0.4 is 0 Å². The zero-order valence-corrected chi connectivity index (χ0v) is 9.95. The maximum atomic E-state index is 9.44. The van der Waals surface area contributed by atoms with E-state index in [9.17, 15) is 5.26 Å². The van der Waals surface area contributed by atoms with Gasteiger partial charge in [-0.05, 0) is 43.6 Å². The molecule has 2 rings (SSSR count). The van der Waals surface area contributed by atoms with Crippen molar-refractivity contribution >= 4 is 0 Å². The Bertz CT molecular complexity index is 366. The summed E-state index contributed by atoms with van der Waals surface area (Å²) < 4.78 is 0. The normalized spacial score (nSPS) is 29.6. The van der Waals surface area contributed by atoms with Crippen molar-refractivity contribution in [3.05, 3.63) is 35.9 Å². The maximum absolute atomic E-state index is 9.44. The minimum atomic E-state index is -0.0894. The van der Waals surface area contributed by atoms with E-state index in [0.717, 1.165) is 25.2 Å². The van der Waals surface area contributed by atoms with Gasteiger partial charge in [0.25, 0.3) is 0 Å². The summed E-state index contributed by atoms with van der Waals surface area (Å²) in [5.41, 5.74) is 1.21. The first-order valence-corrected chi connectivity index (χ1v) is 6.19. The average Bonchev–Trinajstić information content (AvgIpc) is 2.34. The molecule has 0 heterocycles. The van der Waals surface area contributed by atoms with Crippen LogP contribution in [0.5, 0.6) is 0 Å². The van der Waals surface area contributed by atoms with Gasteiger partial charge in [-0.15, -0.1) is 0 Å². The smallest absolute Gasteiger partial charge is 0.0693 e. The Hall–Kier alpha value is -1.29. The van der Waals surface area contributed by atoms with Crippen molar-refractivity contribution in [2.45, 2.75) is 39.0 Å². The molecular formula is C15H19N. The maximum Gasteiger partial charge on any atom is 0.0693 e. The molecule has 0 atom stereocenters. The third kappa shape index (κ3) is 2.44. The minimum Gasteiger partial charge on any atom is -0.198 e. The molecule has 0 bridgehead atoms. The number of rotatable bonds is 2. The van der Waals surface area contributed by atoms with Gasteiger partial charge in [0.05, 0.1) is 11.5 Å². The molecule has 0 spiro atoms. The summed E-state index contributed by atoms with van der Waals surface area (Å²) in [5.74, 6) is 0.803. The van der Waals surface area contributed by atoms with Crippen molar-refractivity contribution in [1.29, 1.82) is 5.26 Å². The Morgan fingerprint density at radius 1 is 1.25 bits per heavy atom. The van der Waals surface area contributed by atoms with E-state index in [4.69, 9.17) is 0 Å². The average molecular weight is 213 g/mol. The van der Waals surface area contributed by atoms with Crippen LogP contribution in [0.2, 0.25) is 0 Å². The summed E-state index contributed by atoms with van der Waals surface area (Å²) in [6, 6.07) is 13.0. The number of nitriles is 1. The number of hydrogen-bond acceptors (Lipinski definition) is 1. The van der Waals surface area contributed by atoms with E-state index in [-0.39, 0.29) is 5.41 Å². The second-order valence-electron chi connectivity index (χ2n) is 5.24. The van der Waals surface area contributed by atoms with Gasteiger partial charge in [0.15, 0.2) is 0 Å². The molecule has 84 valence electrons. The molecule has 0 amide bonds. The van der Waals surface area contributed by atoms with Gasteiger partial charge in [0.2, 0.25) is 0 Å². The monoisotopic (exact) mass is 213 g/mol. The molecule has 1 aromatic rings. The highest BCUT2D eigenvalue weighted by Gasteiger charge is 2.34. The van der Waals surface area contributed by atoms with Crippen molar-refractivity contribution in [2.24, 2.45) is 11.3 Å². The molecule has 1 fully saturated rings. The minimum absolute atomic E-state index is 0.0894. The summed E-state index contributed by atoms with van der Waals surface area (Å²) in [6.45, 7) is 2.30. The highest BCUT2D eigenvalue weighted by atomic mass is 14.4. The van der Waals surface area contributed by atoms with Gasteiger partial charge >= 0.3 is 0 Å². The summed E-state index contributed by atoms with van der Waals surface area (Å²) >= 11 is 0. The first-order valence-electron chi connectivity index (χ1n) is 6.19. The molecule has 1 aliphatic carbocycles. The lowest BCUT2D eigenvalue weighted by Gasteiger charge is -2.33. The van der Waals surface area contributed by atoms with Crippen LogP contribution in [-0.2, 0) is 6.42 Å². The topological polar surface area (TPSA) is 23.8 Å². The van der Waals surface area contributed by atoms with Gasteiger partial charge in [-0.1, -0.05) is 37.3 Å². The summed E-state index contributed by atoms with van der Waals surface area (Å²) in [6.07, 6.45) is 5.48. The first kappa shape index (κ1) is 11.2. The van der Waals surface area contributed by atoms with Crippen LogP contribution in [0.1, 0.15) is 38.2 Å².